The van der Waals surface area contributed by atoms with Gasteiger partial charge in [-0.05, 0) is 188 Å². The molecule has 15 rings (SSSR count). The van der Waals surface area contributed by atoms with Crippen LogP contribution in [0.4, 0.5) is 87.5 Å². The van der Waals surface area contributed by atoms with Gasteiger partial charge < -0.3 is 30.7 Å². The quantitative estimate of drug-likeness (QED) is 0.0322. The molecule has 9 aromatic rings. The Bertz CT molecular complexity index is 4440. The van der Waals surface area contributed by atoms with Crippen LogP contribution in [0.2, 0.25) is 0 Å². The molecule has 6 fully saturated rings. The van der Waals surface area contributed by atoms with Crippen LogP contribution >= 0.6 is 35.3 Å². The van der Waals surface area contributed by atoms with E-state index in [4.69, 9.17) is 4.98 Å². The topological polar surface area (TPSA) is 213 Å². The van der Waals surface area contributed by atoms with Gasteiger partial charge in [-0.15, -0.1) is 0 Å². The Hall–Kier alpha value is -9.35. The number of carbonyl (C=O) groups excluding carboxylic acids is 3. The zero-order valence-electron chi connectivity index (χ0n) is 56.5. The van der Waals surface area contributed by atoms with E-state index >= 15 is 0 Å². The number of anilines is 9. The summed E-state index contributed by atoms with van der Waals surface area (Å²) in [6, 6.07) is 43.7. The highest BCUT2D eigenvalue weighted by Gasteiger charge is 2.55. The fourth-order valence-corrected chi connectivity index (χ4v) is 14.4. The Labute approximate surface area is 608 Å². The van der Waals surface area contributed by atoms with Gasteiger partial charge in [0.05, 0.1) is 39.1 Å². The van der Waals surface area contributed by atoms with Crippen LogP contribution in [0, 0.1) is 17.8 Å². The number of nitrogens with one attached hydrogen (secondary N) is 3. The average Bonchev–Trinajstić information content (AvgIpc) is 1.55. The summed E-state index contributed by atoms with van der Waals surface area (Å²) in [5, 5.41) is 11.0. The number of hydrogen-bond donors (Lipinski definition) is 3. The van der Waals surface area contributed by atoms with Gasteiger partial charge in [0, 0.05) is 83.2 Å². The monoisotopic (exact) mass is 1480 g/mol. The Morgan fingerprint density at radius 2 is 0.827 bits per heavy atom. The Morgan fingerprint density at radius 3 is 1.14 bits per heavy atom. The van der Waals surface area contributed by atoms with Gasteiger partial charge in [-0.2, -0.15) is 13.2 Å². The van der Waals surface area contributed by atoms with Crippen LogP contribution in [-0.4, -0.2) is 131 Å². The normalized spacial score (nSPS) is 17.3. The van der Waals surface area contributed by atoms with Gasteiger partial charge in [0.1, 0.15) is 93.6 Å². The second-order valence-electron chi connectivity index (χ2n) is 27.0. The molecule has 0 unspecified atom stereocenters. The number of nitrogens with zero attached hydrogens (tertiary/aromatic N) is 12. The molecule has 3 aliphatic heterocycles. The van der Waals surface area contributed by atoms with E-state index in [1.54, 1.807) is 91.4 Å². The molecule has 0 spiro atoms. The van der Waals surface area contributed by atoms with E-state index in [1.165, 1.54) is 35.3 Å². The summed E-state index contributed by atoms with van der Waals surface area (Å²) in [6.45, 7) is 2.95. The fourth-order valence-electron chi connectivity index (χ4n) is 12.1. The van der Waals surface area contributed by atoms with Crippen molar-refractivity contribution in [1.29, 1.82) is 0 Å². The summed E-state index contributed by atoms with van der Waals surface area (Å²) in [4.78, 5) is 84.5. The highest BCUT2D eigenvalue weighted by Crippen LogP contribution is 2.50. The van der Waals surface area contributed by atoms with Crippen molar-refractivity contribution in [1.82, 2.24) is 44.9 Å². The molecule has 3 N–H and O–H groups in total. The maximum Gasteiger partial charge on any atom is 0.395 e. The van der Waals surface area contributed by atoms with Crippen LogP contribution in [0.5, 0.6) is 0 Å². The van der Waals surface area contributed by atoms with Crippen LogP contribution in [0.15, 0.2) is 194 Å². The minimum Gasteiger partial charge on any atom is -0.353 e. The lowest BCUT2D eigenvalue weighted by Gasteiger charge is -2.45. The second kappa shape index (κ2) is 31.9. The smallest absolute Gasteiger partial charge is 0.353 e. The molecule has 6 aromatic heterocycles. The van der Waals surface area contributed by atoms with Crippen molar-refractivity contribution in [3.63, 3.8) is 0 Å². The zero-order chi connectivity index (χ0) is 72.6. The molecule has 0 amide bonds. The highest BCUT2D eigenvalue weighted by atomic mass is 32.2. The van der Waals surface area contributed by atoms with E-state index in [1.807, 2.05) is 87.5 Å². The first-order valence-corrected chi connectivity index (χ1v) is 36.7. The predicted octanol–water partition coefficient (Wildman–Crippen LogP) is 16.5. The summed E-state index contributed by atoms with van der Waals surface area (Å²) in [7, 11) is 0. The van der Waals surface area contributed by atoms with E-state index in [-0.39, 0.29) is 37.1 Å². The van der Waals surface area contributed by atoms with Crippen LogP contribution in [0.3, 0.4) is 0 Å². The van der Waals surface area contributed by atoms with Crippen molar-refractivity contribution in [2.75, 3.05) is 69.9 Å². The maximum absolute atomic E-state index is 15.0. The van der Waals surface area contributed by atoms with Crippen molar-refractivity contribution in [3.8, 4) is 0 Å². The SMILES string of the molecule is CC(F)(F)CC(=O)Cc1ccc(Sc2nc(Nc3ccccn3)cc(N3CC[C@H](F)C3)n2)cc1.O=C(Cc1ccc(Sc2nc(Nc3ccccn3)cc(N3CC(F)(C4CC4)C3)n2)cc1)C1CC1.O=C(Cc1ccc(Sc2nc(Nc3ccccn3)cc(N3CC(F)(C4CC4)C3)n2)cc1)CC(F)(F)F. The van der Waals surface area contributed by atoms with Gasteiger partial charge in [0.25, 0.3) is 5.92 Å². The van der Waals surface area contributed by atoms with E-state index in [2.05, 4.69) is 55.8 Å². The molecule has 29 heteroatoms. The average molecular weight is 1480 g/mol. The number of alkyl halides is 8. The first-order valence-electron chi connectivity index (χ1n) is 34.2. The summed E-state index contributed by atoms with van der Waals surface area (Å²) in [5.41, 5.74) is -0.0434. The van der Waals surface area contributed by atoms with Crippen LogP contribution in [-0.2, 0) is 33.6 Å². The van der Waals surface area contributed by atoms with Gasteiger partial charge in [-0.3, -0.25) is 14.4 Å². The van der Waals surface area contributed by atoms with Crippen molar-refractivity contribution in [3.05, 3.63) is 181 Å². The lowest BCUT2D eigenvalue weighted by Crippen LogP contribution is -2.60. The number of ketones is 3. The molecule has 9 heterocycles. The highest BCUT2D eigenvalue weighted by molar-refractivity contribution is 7.99. The fraction of sp³-hybridized carbons (Fsp3) is 0.360. The molecule has 3 aromatic carbocycles. The van der Waals surface area contributed by atoms with E-state index in [9.17, 15) is 49.5 Å². The molecule has 6 aliphatic rings. The Balaban J connectivity index is 0.000000139. The van der Waals surface area contributed by atoms with Gasteiger partial charge in [0.2, 0.25) is 0 Å². The Kier molecular flexibility index (Phi) is 22.4. The van der Waals surface area contributed by atoms with Gasteiger partial charge in [-0.25, -0.2) is 66.8 Å². The summed E-state index contributed by atoms with van der Waals surface area (Å²) < 4.78 is 107. The molecule has 0 bridgehead atoms. The number of hydrogen-bond acceptors (Lipinski definition) is 21. The van der Waals surface area contributed by atoms with Gasteiger partial charge in [0.15, 0.2) is 15.5 Å². The van der Waals surface area contributed by atoms with Crippen LogP contribution in [0.1, 0.15) is 81.4 Å². The van der Waals surface area contributed by atoms with E-state index in [0.29, 0.717) is 124 Å². The third-order valence-electron chi connectivity index (χ3n) is 17.9. The number of pyridine rings is 3. The molecular formula is C75H73F8N15O3S3. The molecule has 540 valence electrons. The molecule has 104 heavy (non-hydrogen) atoms. The number of halogens is 8. The first kappa shape index (κ1) is 73.0. The number of rotatable bonds is 27. The molecule has 3 aliphatic carbocycles. The largest absolute Gasteiger partial charge is 0.395 e. The summed E-state index contributed by atoms with van der Waals surface area (Å²) >= 11 is 4.04. The number of carbonyl (C=O) groups is 3. The first-order chi connectivity index (χ1) is 49.9. The third kappa shape index (κ3) is 21.0. The molecule has 1 atom stereocenters. The molecule has 3 saturated heterocycles. The van der Waals surface area contributed by atoms with Crippen molar-refractivity contribution in [2.24, 2.45) is 17.8 Å². The van der Waals surface area contributed by atoms with Gasteiger partial charge in [-0.1, -0.05) is 54.6 Å². The zero-order valence-corrected chi connectivity index (χ0v) is 58.9. The van der Waals surface area contributed by atoms with Gasteiger partial charge >= 0.3 is 6.18 Å². The predicted molar refractivity (Wildman–Crippen MR) is 384 cm³/mol. The number of benzene rings is 3. The minimum absolute atomic E-state index is 0.0438. The molecule has 18 nitrogen and oxygen atoms in total. The number of Topliss-reactive ketones (excluding diaryl/α,β-unsaturated/α-hetero) is 3. The lowest BCUT2D eigenvalue weighted by atomic mass is 9.91. The minimum atomic E-state index is -4.51. The van der Waals surface area contributed by atoms with Crippen molar-refractivity contribution in [2.45, 2.75) is 144 Å². The van der Waals surface area contributed by atoms with Crippen molar-refractivity contribution >= 4 is 105 Å². The molecular weight excluding hydrogens is 1410 g/mol. The lowest BCUT2D eigenvalue weighted by molar-refractivity contribution is -0.151. The molecule has 0 radical (unpaired) electrons. The van der Waals surface area contributed by atoms with E-state index in [0.717, 1.165) is 71.5 Å². The van der Waals surface area contributed by atoms with Crippen LogP contribution < -0.4 is 30.7 Å². The van der Waals surface area contributed by atoms with E-state index < -0.39 is 54.0 Å². The van der Waals surface area contributed by atoms with Crippen molar-refractivity contribution < 1.29 is 49.5 Å². The summed E-state index contributed by atoms with van der Waals surface area (Å²) in [6.07, 6.45) is 3.99. The molecule has 3 saturated carbocycles. The third-order valence-corrected chi connectivity index (χ3v) is 20.5. The number of aromatic nitrogens is 9. The Morgan fingerprint density at radius 1 is 0.462 bits per heavy atom. The maximum atomic E-state index is 15.0. The second-order valence-corrected chi connectivity index (χ2v) is 30.1. The standard InChI is InChI=1S/C26H26FN5OS.C25H23F4N5OS.C24H24F3N5OS/c27-26(19-8-9-19)15-32(16-26)24-14-23(29-22-3-1-2-12-28-22)30-25(31-24)34-20-10-4-17(5-11-20)13-21(33)18-6-7-18;26-24(17-6-7-17)14-34(15-24)22-12-21(31-20-3-1-2-10-30-20)32-23(33-22)36-19-8-4-16(5-9-19)11-18(35)13-25(27,28)29;1-24(26,27)14-18(33)12-16-5-7-19(8-6-16)34-23-30-21(29-20-4-2-3-10-28-20)13-22(31-23)32-11-9-17(25)15-32/h1-5,10-12,14,18-19H,6-9,13,15-16H2,(H,28,29,30,31);1-5,8-10,12,17H,6-7,11,13-15H2,(H,30,31,32,33);2-8,10,13,17H,9,11-12,14-15H2,1H3,(H,28,29,30,31)/t;;17-/m..0/s1. The summed E-state index contributed by atoms with van der Waals surface area (Å²) in [5.74, 6) is 2.10. The van der Waals surface area contributed by atoms with Crippen LogP contribution in [0.25, 0.3) is 0 Å².